The van der Waals surface area contributed by atoms with Crippen LogP contribution in [0.2, 0.25) is 0 Å². The predicted octanol–water partition coefficient (Wildman–Crippen LogP) is 4.43. The molecule has 3 aromatic carbocycles. The molecule has 3 aromatic rings. The number of aryl methyl sites for hydroxylation is 1. The summed E-state index contributed by atoms with van der Waals surface area (Å²) in [5.41, 5.74) is 4.51. The van der Waals surface area contributed by atoms with Gasteiger partial charge in [-0.1, -0.05) is 60.2 Å². The number of thiocarbonyl (C=S) groups is 1. The van der Waals surface area contributed by atoms with Crippen molar-refractivity contribution in [3.05, 3.63) is 84.4 Å². The van der Waals surface area contributed by atoms with Crippen LogP contribution in [-0.4, -0.2) is 23.1 Å². The first-order valence-corrected chi connectivity index (χ1v) is 9.89. The molecule has 6 heteroatoms. The summed E-state index contributed by atoms with van der Waals surface area (Å²) in [6.07, 6.45) is 1.37. The summed E-state index contributed by atoms with van der Waals surface area (Å²) in [6.45, 7) is 1.96. The zero-order valence-corrected chi connectivity index (χ0v) is 17.1. The fraction of sp³-hybridized carbons (Fsp3) is 0.0833. The van der Waals surface area contributed by atoms with Crippen LogP contribution in [0.5, 0.6) is 0 Å². The lowest BCUT2D eigenvalue weighted by molar-refractivity contribution is -0.130. The first-order chi connectivity index (χ1) is 14.5. The maximum absolute atomic E-state index is 13.0. The highest BCUT2D eigenvalue weighted by atomic mass is 32.1. The minimum absolute atomic E-state index is 0.0747. The first kappa shape index (κ1) is 19.7. The molecule has 0 aromatic heterocycles. The topological polar surface area (TPSA) is 61.8 Å². The van der Waals surface area contributed by atoms with Crippen LogP contribution in [-0.2, 0) is 9.59 Å². The van der Waals surface area contributed by atoms with Crippen LogP contribution in [0.15, 0.2) is 83.9 Å². The van der Waals surface area contributed by atoms with Crippen molar-refractivity contribution in [1.29, 1.82) is 0 Å². The SMILES string of the molecule is Cc1ccc(N2C(=O)[C@H](C=Nc3ccc(-c4ccccc4)cc3)C(=O)NC2=S)cc1. The smallest absolute Gasteiger partial charge is 0.251 e. The van der Waals surface area contributed by atoms with Crippen molar-refractivity contribution in [2.24, 2.45) is 10.9 Å². The molecule has 0 spiro atoms. The van der Waals surface area contributed by atoms with Gasteiger partial charge < -0.3 is 5.32 Å². The van der Waals surface area contributed by atoms with Crippen molar-refractivity contribution >= 4 is 46.7 Å². The Labute approximate surface area is 180 Å². The van der Waals surface area contributed by atoms with E-state index < -0.39 is 17.7 Å². The Morgan fingerprint density at radius 3 is 2.20 bits per heavy atom. The van der Waals surface area contributed by atoms with Crippen LogP contribution >= 0.6 is 12.2 Å². The molecule has 1 N–H and O–H groups in total. The van der Waals surface area contributed by atoms with E-state index in [4.69, 9.17) is 12.2 Å². The third-order valence-electron chi connectivity index (χ3n) is 4.84. The van der Waals surface area contributed by atoms with Gasteiger partial charge in [-0.15, -0.1) is 0 Å². The summed E-state index contributed by atoms with van der Waals surface area (Å²) >= 11 is 5.22. The van der Waals surface area contributed by atoms with Gasteiger partial charge in [0.05, 0.1) is 11.4 Å². The number of rotatable bonds is 4. The van der Waals surface area contributed by atoms with Crippen LogP contribution in [0.25, 0.3) is 11.1 Å². The first-order valence-electron chi connectivity index (χ1n) is 9.48. The number of nitrogens with zero attached hydrogens (tertiary/aromatic N) is 2. The second kappa shape index (κ2) is 8.39. The molecule has 0 aliphatic carbocycles. The number of nitrogens with one attached hydrogen (secondary N) is 1. The highest BCUT2D eigenvalue weighted by Gasteiger charge is 2.38. The van der Waals surface area contributed by atoms with E-state index in [-0.39, 0.29) is 5.11 Å². The predicted molar refractivity (Wildman–Crippen MR) is 123 cm³/mol. The molecule has 1 heterocycles. The number of benzene rings is 3. The van der Waals surface area contributed by atoms with Crippen LogP contribution in [0.4, 0.5) is 11.4 Å². The van der Waals surface area contributed by atoms with Crippen LogP contribution in [0, 0.1) is 12.8 Å². The standard InChI is InChI=1S/C24H19N3O2S/c1-16-7-13-20(14-8-16)27-23(29)21(22(28)26-24(27)30)15-25-19-11-9-18(10-12-19)17-5-3-2-4-6-17/h2-15,21H,1H3,(H,26,28,30)/t21-/m1/s1. The third-order valence-corrected chi connectivity index (χ3v) is 5.13. The molecular formula is C24H19N3O2S. The molecule has 1 aliphatic rings. The van der Waals surface area contributed by atoms with Gasteiger partial charge in [0.25, 0.3) is 5.91 Å². The number of amides is 2. The summed E-state index contributed by atoms with van der Waals surface area (Å²) in [6, 6.07) is 25.0. The minimum atomic E-state index is -1.05. The van der Waals surface area contributed by atoms with E-state index in [1.54, 1.807) is 12.1 Å². The van der Waals surface area contributed by atoms with Crippen molar-refractivity contribution in [3.63, 3.8) is 0 Å². The van der Waals surface area contributed by atoms with E-state index >= 15 is 0 Å². The zero-order valence-electron chi connectivity index (χ0n) is 16.3. The average molecular weight is 414 g/mol. The molecule has 0 bridgehead atoms. The normalized spacial score (nSPS) is 16.8. The molecule has 1 fully saturated rings. The number of carbonyl (C=O) groups is 2. The lowest BCUT2D eigenvalue weighted by Gasteiger charge is -2.30. The van der Waals surface area contributed by atoms with Gasteiger partial charge >= 0.3 is 0 Å². The Kier molecular flexibility index (Phi) is 5.50. The van der Waals surface area contributed by atoms with Crippen LogP contribution in [0.3, 0.4) is 0 Å². The molecule has 30 heavy (non-hydrogen) atoms. The second-order valence-electron chi connectivity index (χ2n) is 6.97. The Morgan fingerprint density at radius 2 is 1.53 bits per heavy atom. The molecule has 1 aliphatic heterocycles. The molecule has 4 rings (SSSR count). The summed E-state index contributed by atoms with van der Waals surface area (Å²) in [5.74, 6) is -1.94. The summed E-state index contributed by atoms with van der Waals surface area (Å²) in [4.78, 5) is 31.0. The van der Waals surface area contributed by atoms with E-state index in [9.17, 15) is 9.59 Å². The second-order valence-corrected chi connectivity index (χ2v) is 7.36. The third kappa shape index (κ3) is 4.04. The van der Waals surface area contributed by atoms with E-state index in [1.807, 2.05) is 73.7 Å². The largest absolute Gasteiger partial charge is 0.301 e. The van der Waals surface area contributed by atoms with Gasteiger partial charge in [-0.05, 0) is 54.5 Å². The van der Waals surface area contributed by atoms with E-state index in [1.165, 1.54) is 11.1 Å². The van der Waals surface area contributed by atoms with Gasteiger partial charge in [-0.25, -0.2) is 0 Å². The van der Waals surface area contributed by atoms with Crippen LogP contribution in [0.1, 0.15) is 5.56 Å². The highest BCUT2D eigenvalue weighted by Crippen LogP contribution is 2.24. The van der Waals surface area contributed by atoms with Gasteiger partial charge in [0.15, 0.2) is 11.0 Å². The fourth-order valence-corrected chi connectivity index (χ4v) is 3.49. The summed E-state index contributed by atoms with van der Waals surface area (Å²) < 4.78 is 0. The molecule has 0 unspecified atom stereocenters. The molecule has 5 nitrogen and oxygen atoms in total. The maximum atomic E-state index is 13.0. The van der Waals surface area contributed by atoms with Crippen LogP contribution < -0.4 is 10.2 Å². The number of carbonyl (C=O) groups excluding carboxylic acids is 2. The molecule has 1 atom stereocenters. The molecule has 1 saturated heterocycles. The Bertz CT molecular complexity index is 1120. The maximum Gasteiger partial charge on any atom is 0.251 e. The lowest BCUT2D eigenvalue weighted by atomic mass is 10.0. The minimum Gasteiger partial charge on any atom is -0.301 e. The van der Waals surface area contributed by atoms with Gasteiger partial charge in [0.1, 0.15) is 0 Å². The Morgan fingerprint density at radius 1 is 0.900 bits per heavy atom. The summed E-state index contributed by atoms with van der Waals surface area (Å²) in [5, 5.41) is 2.67. The molecule has 0 radical (unpaired) electrons. The quantitative estimate of drug-likeness (QED) is 0.391. The van der Waals surface area contributed by atoms with E-state index in [2.05, 4.69) is 10.3 Å². The summed E-state index contributed by atoms with van der Waals surface area (Å²) in [7, 11) is 0. The van der Waals surface area contributed by atoms with Gasteiger partial charge in [-0.3, -0.25) is 19.5 Å². The Hall–Kier alpha value is -3.64. The van der Waals surface area contributed by atoms with Gasteiger partial charge in [-0.2, -0.15) is 0 Å². The monoisotopic (exact) mass is 413 g/mol. The van der Waals surface area contributed by atoms with Crippen molar-refractivity contribution in [2.75, 3.05) is 4.90 Å². The lowest BCUT2D eigenvalue weighted by Crippen LogP contribution is -2.58. The molecular weight excluding hydrogens is 394 g/mol. The van der Waals surface area contributed by atoms with E-state index in [0.717, 1.165) is 16.7 Å². The fourth-order valence-electron chi connectivity index (χ4n) is 3.19. The van der Waals surface area contributed by atoms with Crippen molar-refractivity contribution < 1.29 is 9.59 Å². The molecule has 0 saturated carbocycles. The number of hydrogen-bond acceptors (Lipinski definition) is 4. The van der Waals surface area contributed by atoms with Crippen molar-refractivity contribution in [2.45, 2.75) is 6.92 Å². The zero-order chi connectivity index (χ0) is 21.1. The number of anilines is 1. The van der Waals surface area contributed by atoms with Crippen molar-refractivity contribution in [1.82, 2.24) is 5.32 Å². The number of hydrogen-bond donors (Lipinski definition) is 1. The van der Waals surface area contributed by atoms with Crippen molar-refractivity contribution in [3.8, 4) is 11.1 Å². The molecule has 2 amide bonds. The highest BCUT2D eigenvalue weighted by molar-refractivity contribution is 7.80. The van der Waals surface area contributed by atoms with Gasteiger partial charge in [0.2, 0.25) is 5.91 Å². The van der Waals surface area contributed by atoms with E-state index in [0.29, 0.717) is 11.4 Å². The molecule has 148 valence electrons. The average Bonchev–Trinajstić information content (AvgIpc) is 2.76. The Balaban J connectivity index is 1.54. The number of aliphatic imine (C=N–C) groups is 1. The van der Waals surface area contributed by atoms with Gasteiger partial charge in [0, 0.05) is 6.21 Å².